The summed E-state index contributed by atoms with van der Waals surface area (Å²) < 4.78 is 2.23. The Balaban J connectivity index is 1.25. The van der Waals surface area contributed by atoms with Crippen LogP contribution in [0.2, 0.25) is 5.02 Å². The highest BCUT2D eigenvalue weighted by atomic mass is 35.5. The summed E-state index contributed by atoms with van der Waals surface area (Å²) in [6, 6.07) is 25.2. The molecule has 35 heavy (non-hydrogen) atoms. The third-order valence-corrected chi connectivity index (χ3v) is 7.31. The number of fused-ring (bicyclic) bond motifs is 1. The van der Waals surface area contributed by atoms with Crippen LogP contribution < -0.4 is 5.32 Å². The number of piperidine rings is 1. The first-order valence-electron chi connectivity index (χ1n) is 12.5. The van der Waals surface area contributed by atoms with E-state index in [1.165, 1.54) is 22.0 Å². The molecule has 0 bridgehead atoms. The fourth-order valence-electron chi connectivity index (χ4n) is 5.02. The molecule has 1 N–H and O–H groups in total. The molecular weight excluding hydrogens is 454 g/mol. The molecule has 1 aromatic heterocycles. The lowest BCUT2D eigenvalue weighted by molar-refractivity contribution is -0.118. The fraction of sp³-hybridized carbons (Fsp3) is 0.300. The van der Waals surface area contributed by atoms with Crippen LogP contribution in [0.3, 0.4) is 0 Å². The van der Waals surface area contributed by atoms with Crippen LogP contribution in [0.15, 0.2) is 79.0 Å². The number of carbonyl (C=O) groups is 1. The number of aromatic nitrogens is 1. The standard InChI is InChI=1S/C30H32ClN3O/c1-21(2)30(35)32-26-7-3-5-23(19-26)22-13-16-33(17-14-22)20-24-6-4-8-29-28(24)15-18-34(29)27-11-9-25(31)10-12-27/h3-12,15,18-19,21-22H,13-14,16-17,20H2,1-2H3,(H,32,35). The van der Waals surface area contributed by atoms with Gasteiger partial charge in [-0.05, 0) is 91.5 Å². The topological polar surface area (TPSA) is 37.3 Å². The van der Waals surface area contributed by atoms with E-state index < -0.39 is 0 Å². The Morgan fingerprint density at radius 1 is 1.00 bits per heavy atom. The van der Waals surface area contributed by atoms with Gasteiger partial charge < -0.3 is 9.88 Å². The number of amides is 1. The summed E-state index contributed by atoms with van der Waals surface area (Å²) in [5, 5.41) is 5.09. The molecule has 1 aliphatic rings. The van der Waals surface area contributed by atoms with Gasteiger partial charge in [0.1, 0.15) is 0 Å². The van der Waals surface area contributed by atoms with Crippen LogP contribution in [0.5, 0.6) is 0 Å². The van der Waals surface area contributed by atoms with Crippen molar-refractivity contribution in [1.82, 2.24) is 9.47 Å². The van der Waals surface area contributed by atoms with Crippen LogP contribution >= 0.6 is 11.6 Å². The Bertz CT molecular complexity index is 1320. The number of likely N-dealkylation sites (tertiary alicyclic amines) is 1. The van der Waals surface area contributed by atoms with Crippen LogP contribution in [-0.2, 0) is 11.3 Å². The van der Waals surface area contributed by atoms with Crippen molar-refractivity contribution in [2.45, 2.75) is 39.2 Å². The maximum atomic E-state index is 12.1. The van der Waals surface area contributed by atoms with Crippen molar-refractivity contribution in [1.29, 1.82) is 0 Å². The molecular formula is C30H32ClN3O. The second-order valence-electron chi connectivity index (χ2n) is 9.83. The van der Waals surface area contributed by atoms with Gasteiger partial charge in [0.25, 0.3) is 0 Å². The Labute approximate surface area is 212 Å². The van der Waals surface area contributed by atoms with E-state index in [1.807, 2.05) is 32.0 Å². The largest absolute Gasteiger partial charge is 0.326 e. The maximum Gasteiger partial charge on any atom is 0.226 e. The van der Waals surface area contributed by atoms with E-state index in [0.29, 0.717) is 5.92 Å². The molecule has 5 heteroatoms. The average molecular weight is 486 g/mol. The molecule has 0 saturated carbocycles. The van der Waals surface area contributed by atoms with Gasteiger partial charge in [0, 0.05) is 40.4 Å². The molecule has 1 aliphatic heterocycles. The number of nitrogens with zero attached hydrogens (tertiary/aromatic N) is 2. The fourth-order valence-corrected chi connectivity index (χ4v) is 5.14. The van der Waals surface area contributed by atoms with E-state index in [4.69, 9.17) is 11.6 Å². The van der Waals surface area contributed by atoms with Crippen LogP contribution in [0.4, 0.5) is 5.69 Å². The monoisotopic (exact) mass is 485 g/mol. The van der Waals surface area contributed by atoms with Crippen molar-refractivity contribution in [3.63, 3.8) is 0 Å². The summed E-state index contributed by atoms with van der Waals surface area (Å²) in [7, 11) is 0. The number of nitrogens with one attached hydrogen (secondary N) is 1. The predicted octanol–water partition coefficient (Wildman–Crippen LogP) is 7.26. The van der Waals surface area contributed by atoms with Crippen molar-refractivity contribution < 1.29 is 4.79 Å². The van der Waals surface area contributed by atoms with Gasteiger partial charge >= 0.3 is 0 Å². The Kier molecular flexibility index (Phi) is 6.94. The van der Waals surface area contributed by atoms with Gasteiger partial charge in [-0.15, -0.1) is 0 Å². The molecule has 0 atom stereocenters. The second-order valence-corrected chi connectivity index (χ2v) is 10.3. The van der Waals surface area contributed by atoms with Crippen molar-refractivity contribution in [3.05, 3.63) is 95.1 Å². The molecule has 4 aromatic rings. The Morgan fingerprint density at radius 2 is 1.74 bits per heavy atom. The molecule has 3 aromatic carbocycles. The van der Waals surface area contributed by atoms with Gasteiger partial charge in [0.2, 0.25) is 5.91 Å². The van der Waals surface area contributed by atoms with Crippen molar-refractivity contribution in [2.75, 3.05) is 18.4 Å². The number of rotatable bonds is 6. The molecule has 1 amide bonds. The molecule has 0 unspecified atom stereocenters. The quantitative estimate of drug-likeness (QED) is 0.312. The zero-order valence-electron chi connectivity index (χ0n) is 20.4. The lowest BCUT2D eigenvalue weighted by Crippen LogP contribution is -2.32. The molecule has 2 heterocycles. The lowest BCUT2D eigenvalue weighted by atomic mass is 9.89. The van der Waals surface area contributed by atoms with E-state index >= 15 is 0 Å². The van der Waals surface area contributed by atoms with Gasteiger partial charge in [-0.1, -0.05) is 49.7 Å². The van der Waals surface area contributed by atoms with Gasteiger partial charge in [0.15, 0.2) is 0 Å². The summed E-state index contributed by atoms with van der Waals surface area (Å²) >= 11 is 6.08. The first kappa shape index (κ1) is 23.7. The van der Waals surface area contributed by atoms with Gasteiger partial charge in [-0.2, -0.15) is 0 Å². The van der Waals surface area contributed by atoms with Gasteiger partial charge in [0.05, 0.1) is 5.52 Å². The highest BCUT2D eigenvalue weighted by molar-refractivity contribution is 6.30. The number of carbonyl (C=O) groups excluding carboxylic acids is 1. The van der Waals surface area contributed by atoms with Crippen LogP contribution in [0.25, 0.3) is 16.6 Å². The minimum Gasteiger partial charge on any atom is -0.326 e. The first-order valence-corrected chi connectivity index (χ1v) is 12.8. The number of hydrogen-bond donors (Lipinski definition) is 1. The van der Waals surface area contributed by atoms with Crippen LogP contribution in [0.1, 0.15) is 43.7 Å². The Morgan fingerprint density at radius 3 is 2.49 bits per heavy atom. The molecule has 0 aliphatic carbocycles. The van der Waals surface area contributed by atoms with Crippen LogP contribution in [0, 0.1) is 5.92 Å². The average Bonchev–Trinajstić information content (AvgIpc) is 3.30. The highest BCUT2D eigenvalue weighted by Gasteiger charge is 2.22. The van der Waals surface area contributed by atoms with E-state index in [1.54, 1.807) is 0 Å². The second kappa shape index (κ2) is 10.3. The minimum atomic E-state index is -0.0190. The Hall–Kier alpha value is -3.08. The minimum absolute atomic E-state index is 0.0190. The number of halogens is 1. The van der Waals surface area contributed by atoms with Crippen LogP contribution in [-0.4, -0.2) is 28.5 Å². The summed E-state index contributed by atoms with van der Waals surface area (Å²) in [6.07, 6.45) is 4.40. The summed E-state index contributed by atoms with van der Waals surface area (Å²) in [4.78, 5) is 14.6. The third-order valence-electron chi connectivity index (χ3n) is 7.06. The first-order chi connectivity index (χ1) is 17.0. The number of hydrogen-bond acceptors (Lipinski definition) is 2. The molecule has 1 saturated heterocycles. The van der Waals surface area contributed by atoms with Crippen molar-refractivity contribution >= 4 is 34.1 Å². The molecule has 180 valence electrons. The maximum absolute atomic E-state index is 12.1. The lowest BCUT2D eigenvalue weighted by Gasteiger charge is -2.32. The van der Waals surface area contributed by atoms with Gasteiger partial charge in [-0.3, -0.25) is 9.69 Å². The third kappa shape index (κ3) is 5.29. The SMILES string of the molecule is CC(C)C(=O)Nc1cccc(C2CCN(Cc3cccc4c3ccn4-c3ccc(Cl)cc3)CC2)c1. The van der Waals surface area contributed by atoms with Gasteiger partial charge in [-0.25, -0.2) is 0 Å². The smallest absolute Gasteiger partial charge is 0.226 e. The summed E-state index contributed by atoms with van der Waals surface area (Å²) in [5.41, 5.74) is 5.94. The zero-order chi connectivity index (χ0) is 24.4. The molecule has 1 fully saturated rings. The predicted molar refractivity (Wildman–Crippen MR) is 145 cm³/mol. The molecule has 5 rings (SSSR count). The summed E-state index contributed by atoms with van der Waals surface area (Å²) in [5.74, 6) is 0.578. The van der Waals surface area contributed by atoms with Crippen molar-refractivity contribution in [3.8, 4) is 5.69 Å². The van der Waals surface area contributed by atoms with E-state index in [0.717, 1.165) is 48.9 Å². The van der Waals surface area contributed by atoms with Crippen molar-refractivity contribution in [2.24, 2.45) is 5.92 Å². The summed E-state index contributed by atoms with van der Waals surface area (Å²) in [6.45, 7) is 6.94. The molecule has 0 radical (unpaired) electrons. The van der Waals surface area contributed by atoms with E-state index in [2.05, 4.69) is 75.6 Å². The molecule has 0 spiro atoms. The molecule has 4 nitrogen and oxygen atoms in total. The highest BCUT2D eigenvalue weighted by Crippen LogP contribution is 2.31. The van der Waals surface area contributed by atoms with E-state index in [9.17, 15) is 4.79 Å². The number of benzene rings is 3. The normalized spacial score (nSPS) is 15.1. The zero-order valence-corrected chi connectivity index (χ0v) is 21.1. The number of anilines is 1. The van der Waals surface area contributed by atoms with E-state index in [-0.39, 0.29) is 11.8 Å².